The van der Waals surface area contributed by atoms with E-state index in [1.807, 2.05) is 6.92 Å². The van der Waals surface area contributed by atoms with Crippen LogP contribution in [0.25, 0.3) is 5.69 Å². The second kappa shape index (κ2) is 10.6. The summed E-state index contributed by atoms with van der Waals surface area (Å²) in [4.78, 5) is 12.8. The van der Waals surface area contributed by atoms with Gasteiger partial charge in [0.15, 0.2) is 11.0 Å². The van der Waals surface area contributed by atoms with Crippen molar-refractivity contribution in [3.8, 4) is 5.69 Å². The van der Waals surface area contributed by atoms with Gasteiger partial charge in [-0.3, -0.25) is 9.36 Å². The fourth-order valence-corrected chi connectivity index (χ4v) is 5.57. The van der Waals surface area contributed by atoms with E-state index >= 15 is 0 Å². The molecule has 0 radical (unpaired) electrons. The molecule has 0 atom stereocenters. The first kappa shape index (κ1) is 24.3. The Morgan fingerprint density at radius 2 is 1.76 bits per heavy atom. The zero-order valence-corrected chi connectivity index (χ0v) is 20.1. The number of nitrogens with zero attached hydrogens (tertiary/aromatic N) is 4. The Balaban J connectivity index is 1.47. The Morgan fingerprint density at radius 1 is 1.09 bits per heavy atom. The standard InChI is InChI=1S/C22H24FN5O4S2/c1-2-33-22-26-25-20(28(22)18-7-5-17(23)6-8-18)15-24-21(29)16-3-9-19(10-4-16)34(30,31)27-11-13-32-14-12-27/h3-10H,2,11-15H2,1H3,(H,24,29). The number of morpholine rings is 1. The third kappa shape index (κ3) is 5.30. The van der Waals surface area contributed by atoms with Gasteiger partial charge in [0.2, 0.25) is 10.0 Å². The summed E-state index contributed by atoms with van der Waals surface area (Å²) in [6.45, 7) is 3.40. The maximum Gasteiger partial charge on any atom is 0.251 e. The van der Waals surface area contributed by atoms with E-state index in [0.29, 0.717) is 48.5 Å². The first-order chi connectivity index (χ1) is 16.4. The maximum atomic E-state index is 13.4. The quantitative estimate of drug-likeness (QED) is 0.469. The molecule has 0 unspecified atom stereocenters. The van der Waals surface area contributed by atoms with Crippen LogP contribution in [0.2, 0.25) is 0 Å². The average molecular weight is 506 g/mol. The van der Waals surface area contributed by atoms with Crippen molar-refractivity contribution in [2.24, 2.45) is 0 Å². The summed E-state index contributed by atoms with van der Waals surface area (Å²) in [7, 11) is -3.63. The number of hydrogen-bond donors (Lipinski definition) is 1. The highest BCUT2D eigenvalue weighted by Crippen LogP contribution is 2.22. The minimum Gasteiger partial charge on any atom is -0.379 e. The molecule has 12 heteroatoms. The lowest BCUT2D eigenvalue weighted by Gasteiger charge is -2.26. The number of aromatic nitrogens is 3. The van der Waals surface area contributed by atoms with Crippen LogP contribution in [0.1, 0.15) is 23.1 Å². The van der Waals surface area contributed by atoms with E-state index in [9.17, 15) is 17.6 Å². The predicted octanol–water partition coefficient (Wildman–Crippen LogP) is 2.47. The molecule has 9 nitrogen and oxygen atoms in total. The first-order valence-corrected chi connectivity index (χ1v) is 13.1. The van der Waals surface area contributed by atoms with Gasteiger partial charge in [-0.05, 0) is 54.3 Å². The monoisotopic (exact) mass is 505 g/mol. The first-order valence-electron chi connectivity index (χ1n) is 10.7. The lowest BCUT2D eigenvalue weighted by atomic mass is 10.2. The normalized spacial score (nSPS) is 14.8. The van der Waals surface area contributed by atoms with Gasteiger partial charge in [0, 0.05) is 24.3 Å². The minimum atomic E-state index is -3.63. The molecular weight excluding hydrogens is 481 g/mol. The molecule has 1 amide bonds. The number of halogens is 1. The second-order valence-corrected chi connectivity index (χ2v) is 10.5. The van der Waals surface area contributed by atoms with Crippen LogP contribution in [-0.4, -0.2) is 65.5 Å². The van der Waals surface area contributed by atoms with Crippen molar-refractivity contribution in [2.45, 2.75) is 23.5 Å². The maximum absolute atomic E-state index is 13.4. The molecule has 1 fully saturated rings. The van der Waals surface area contributed by atoms with E-state index in [0.717, 1.165) is 5.75 Å². The zero-order valence-electron chi connectivity index (χ0n) is 18.5. The van der Waals surface area contributed by atoms with Crippen molar-refractivity contribution >= 4 is 27.7 Å². The molecule has 0 saturated carbocycles. The lowest BCUT2D eigenvalue weighted by molar-refractivity contribution is 0.0730. The van der Waals surface area contributed by atoms with Gasteiger partial charge in [-0.1, -0.05) is 18.7 Å². The van der Waals surface area contributed by atoms with Gasteiger partial charge in [0.1, 0.15) is 5.82 Å². The van der Waals surface area contributed by atoms with E-state index in [2.05, 4.69) is 15.5 Å². The molecule has 0 spiro atoms. The Bertz CT molecular complexity index is 1240. The number of carbonyl (C=O) groups excluding carboxylic acids is 1. The SMILES string of the molecule is CCSc1nnc(CNC(=O)c2ccc(S(=O)(=O)N3CCOCC3)cc2)n1-c1ccc(F)cc1. The van der Waals surface area contributed by atoms with Crippen molar-refractivity contribution in [1.29, 1.82) is 0 Å². The van der Waals surface area contributed by atoms with Gasteiger partial charge in [-0.15, -0.1) is 10.2 Å². The number of nitrogens with one attached hydrogen (secondary N) is 1. The van der Waals surface area contributed by atoms with Gasteiger partial charge in [0.25, 0.3) is 5.91 Å². The van der Waals surface area contributed by atoms with E-state index in [1.165, 1.54) is 52.5 Å². The Morgan fingerprint density at radius 3 is 2.41 bits per heavy atom. The Hall–Kier alpha value is -2.80. The highest BCUT2D eigenvalue weighted by Gasteiger charge is 2.26. The van der Waals surface area contributed by atoms with Crippen LogP contribution in [0.4, 0.5) is 4.39 Å². The molecule has 0 bridgehead atoms. The van der Waals surface area contributed by atoms with E-state index < -0.39 is 10.0 Å². The van der Waals surface area contributed by atoms with Crippen LogP contribution < -0.4 is 5.32 Å². The fraction of sp³-hybridized carbons (Fsp3) is 0.318. The summed E-state index contributed by atoms with van der Waals surface area (Å²) in [6.07, 6.45) is 0. The third-order valence-electron chi connectivity index (χ3n) is 5.19. The molecule has 1 aliphatic heterocycles. The zero-order chi connectivity index (χ0) is 24.1. The summed E-state index contributed by atoms with van der Waals surface area (Å²) in [5.41, 5.74) is 1.00. The average Bonchev–Trinajstić information content (AvgIpc) is 3.26. The molecule has 1 aromatic heterocycles. The number of thioether (sulfide) groups is 1. The Labute approximate surface area is 201 Å². The van der Waals surface area contributed by atoms with Crippen molar-refractivity contribution in [1.82, 2.24) is 24.4 Å². The van der Waals surface area contributed by atoms with Crippen molar-refractivity contribution in [2.75, 3.05) is 32.1 Å². The van der Waals surface area contributed by atoms with Crippen LogP contribution in [0, 0.1) is 5.82 Å². The van der Waals surface area contributed by atoms with Gasteiger partial charge < -0.3 is 10.1 Å². The number of sulfonamides is 1. The minimum absolute atomic E-state index is 0.0846. The molecule has 2 heterocycles. The largest absolute Gasteiger partial charge is 0.379 e. The molecule has 0 aliphatic carbocycles. The van der Waals surface area contributed by atoms with Gasteiger partial charge >= 0.3 is 0 Å². The molecule has 1 saturated heterocycles. The highest BCUT2D eigenvalue weighted by molar-refractivity contribution is 7.99. The summed E-state index contributed by atoms with van der Waals surface area (Å²) in [6, 6.07) is 11.8. The number of benzene rings is 2. The van der Waals surface area contributed by atoms with E-state index in [4.69, 9.17) is 4.74 Å². The smallest absolute Gasteiger partial charge is 0.251 e. The molecule has 180 valence electrons. The molecule has 34 heavy (non-hydrogen) atoms. The molecule has 1 aliphatic rings. The van der Waals surface area contributed by atoms with Crippen molar-refractivity contribution in [3.63, 3.8) is 0 Å². The van der Waals surface area contributed by atoms with Crippen molar-refractivity contribution in [3.05, 3.63) is 65.7 Å². The van der Waals surface area contributed by atoms with Crippen LogP contribution >= 0.6 is 11.8 Å². The third-order valence-corrected chi connectivity index (χ3v) is 7.91. The number of carbonyl (C=O) groups is 1. The lowest BCUT2D eigenvalue weighted by Crippen LogP contribution is -2.40. The summed E-state index contributed by atoms with van der Waals surface area (Å²) in [5.74, 6) is 0.525. The summed E-state index contributed by atoms with van der Waals surface area (Å²) in [5, 5.41) is 11.8. The highest BCUT2D eigenvalue weighted by atomic mass is 32.2. The molecule has 1 N–H and O–H groups in total. The number of hydrogen-bond acceptors (Lipinski definition) is 7. The van der Waals surface area contributed by atoms with Gasteiger partial charge in [0.05, 0.1) is 24.7 Å². The van der Waals surface area contributed by atoms with Crippen LogP contribution in [0.15, 0.2) is 58.6 Å². The summed E-state index contributed by atoms with van der Waals surface area (Å²) >= 11 is 1.48. The fourth-order valence-electron chi connectivity index (χ4n) is 3.46. The molecule has 3 aromatic rings. The molecule has 4 rings (SSSR count). The van der Waals surface area contributed by atoms with Crippen molar-refractivity contribution < 1.29 is 22.3 Å². The number of ether oxygens (including phenoxy) is 1. The topological polar surface area (TPSA) is 106 Å². The van der Waals surface area contributed by atoms with Crippen LogP contribution in [0.5, 0.6) is 0 Å². The van der Waals surface area contributed by atoms with Gasteiger partial charge in [-0.25, -0.2) is 12.8 Å². The van der Waals surface area contributed by atoms with Crippen LogP contribution in [0.3, 0.4) is 0 Å². The van der Waals surface area contributed by atoms with Gasteiger partial charge in [-0.2, -0.15) is 4.31 Å². The molecular formula is C22H24FN5O4S2. The van der Waals surface area contributed by atoms with Crippen LogP contribution in [-0.2, 0) is 21.3 Å². The predicted molar refractivity (Wildman–Crippen MR) is 125 cm³/mol. The van der Waals surface area contributed by atoms with E-state index in [1.54, 1.807) is 16.7 Å². The number of amides is 1. The second-order valence-electron chi connectivity index (χ2n) is 7.37. The Kier molecular flexibility index (Phi) is 7.61. The number of rotatable bonds is 8. The van der Waals surface area contributed by atoms with E-state index in [-0.39, 0.29) is 23.2 Å². The summed E-state index contributed by atoms with van der Waals surface area (Å²) < 4.78 is 47.2. The molecule has 2 aromatic carbocycles.